The molecule has 0 radical (unpaired) electrons. The van der Waals surface area contributed by atoms with Crippen molar-refractivity contribution >= 4 is 22.4 Å². The number of nitro benzene ring substituents is 1. The molecule has 0 saturated carbocycles. The number of hydrogen-bond donors (Lipinski definition) is 1. The molecule has 6 nitrogen and oxygen atoms in total. The van der Waals surface area contributed by atoms with Gasteiger partial charge in [-0.1, -0.05) is 24.3 Å². The van der Waals surface area contributed by atoms with Crippen molar-refractivity contribution in [3.63, 3.8) is 0 Å². The van der Waals surface area contributed by atoms with Crippen molar-refractivity contribution < 1.29 is 22.9 Å². The number of fused-ring (bicyclic) bond motifs is 1. The van der Waals surface area contributed by atoms with E-state index in [2.05, 4.69) is 5.43 Å². The molecule has 1 heterocycles. The molecule has 0 aromatic heterocycles. The number of alkyl halides is 3. The Morgan fingerprint density at radius 1 is 1.23 bits per heavy atom. The van der Waals surface area contributed by atoms with Gasteiger partial charge in [0.15, 0.2) is 6.04 Å². The molecular weight excluding hydrogens is 351 g/mol. The molecule has 0 spiro atoms. The first-order chi connectivity index (χ1) is 12.0. The monoisotopic (exact) mass is 367 g/mol. The maximum Gasteiger partial charge on any atom is 0.410 e. The van der Waals surface area contributed by atoms with Crippen LogP contribution in [0.3, 0.4) is 0 Å². The number of amides is 1. The summed E-state index contributed by atoms with van der Waals surface area (Å²) in [5.41, 5.74) is -0.0449. The molecule has 1 aliphatic heterocycles. The highest BCUT2D eigenvalue weighted by Gasteiger charge is 2.55. The maximum absolute atomic E-state index is 14.1. The van der Waals surface area contributed by atoms with Gasteiger partial charge >= 0.3 is 6.18 Å². The molecule has 2 aromatic rings. The normalized spacial score (nSPS) is 18.7. The Bertz CT molecular complexity index is 896. The zero-order valence-electron chi connectivity index (χ0n) is 14.0. The summed E-state index contributed by atoms with van der Waals surface area (Å²) in [4.78, 5) is 22.4. The quantitative estimate of drug-likeness (QED) is 0.660. The Kier molecular flexibility index (Phi) is 4.14. The minimum atomic E-state index is -4.84. The fraction of sp³-hybridized carbons (Fsp3) is 0.353. The molecule has 1 fully saturated rings. The van der Waals surface area contributed by atoms with E-state index in [0.717, 1.165) is 11.1 Å². The van der Waals surface area contributed by atoms with E-state index >= 15 is 0 Å². The zero-order chi connectivity index (χ0) is 19.3. The molecule has 138 valence electrons. The van der Waals surface area contributed by atoms with E-state index in [1.807, 2.05) is 0 Å². The van der Waals surface area contributed by atoms with Crippen LogP contribution in [0.2, 0.25) is 0 Å². The van der Waals surface area contributed by atoms with Crippen LogP contribution in [0, 0.1) is 10.1 Å². The topological polar surface area (TPSA) is 75.5 Å². The Labute approximate surface area is 146 Å². The number of hydrogen-bond acceptors (Lipinski definition) is 4. The summed E-state index contributed by atoms with van der Waals surface area (Å²) in [5.74, 6) is -0.563. The number of nitro groups is 1. The third kappa shape index (κ3) is 2.98. The predicted octanol–water partition coefficient (Wildman–Crippen LogP) is 3.87. The van der Waals surface area contributed by atoms with E-state index in [-0.39, 0.29) is 11.8 Å². The van der Waals surface area contributed by atoms with Gasteiger partial charge < -0.3 is 0 Å². The Hall–Kier alpha value is -2.68. The standard InChI is InChI=1S/C17H16F3N3O3/c1-16(2)9-13(24)21-22(16)15(17(18,19)20)14-11-6-4-3-5-10(11)7-8-12(14)23(25)26/h3-8,15H,9H2,1-2H3,(H,21,24)/t15-/m0/s1. The number of nitrogens with one attached hydrogen (secondary N) is 1. The van der Waals surface area contributed by atoms with Gasteiger partial charge in [-0.2, -0.15) is 18.2 Å². The average Bonchev–Trinajstić information content (AvgIpc) is 2.78. The fourth-order valence-corrected chi connectivity index (χ4v) is 3.39. The van der Waals surface area contributed by atoms with Gasteiger partial charge in [0, 0.05) is 18.0 Å². The Morgan fingerprint density at radius 3 is 2.42 bits per heavy atom. The van der Waals surface area contributed by atoms with Crippen molar-refractivity contribution in [1.82, 2.24) is 10.4 Å². The second-order valence-electron chi connectivity index (χ2n) is 6.81. The lowest BCUT2D eigenvalue weighted by Crippen LogP contribution is -2.51. The van der Waals surface area contributed by atoms with Gasteiger partial charge in [-0.25, -0.2) is 0 Å². The van der Waals surface area contributed by atoms with Crippen molar-refractivity contribution in [1.29, 1.82) is 0 Å². The van der Waals surface area contributed by atoms with Gasteiger partial charge in [0.2, 0.25) is 5.91 Å². The van der Waals surface area contributed by atoms with Crippen LogP contribution in [0.4, 0.5) is 18.9 Å². The largest absolute Gasteiger partial charge is 0.410 e. The highest BCUT2D eigenvalue weighted by molar-refractivity contribution is 5.89. The number of benzene rings is 2. The Balaban J connectivity index is 2.34. The van der Waals surface area contributed by atoms with Crippen LogP contribution in [0.1, 0.15) is 31.9 Å². The second kappa shape index (κ2) is 5.94. The molecule has 0 unspecified atom stereocenters. The third-order valence-electron chi connectivity index (χ3n) is 4.48. The van der Waals surface area contributed by atoms with Gasteiger partial charge in [0.05, 0.1) is 10.5 Å². The van der Waals surface area contributed by atoms with Gasteiger partial charge in [0.25, 0.3) is 5.69 Å². The lowest BCUT2D eigenvalue weighted by atomic mass is 9.92. The molecule has 1 aliphatic rings. The number of halogens is 3. The first-order valence-electron chi connectivity index (χ1n) is 7.84. The minimum absolute atomic E-state index is 0.126. The first-order valence-corrected chi connectivity index (χ1v) is 7.84. The van der Waals surface area contributed by atoms with E-state index < -0.39 is 39.8 Å². The lowest BCUT2D eigenvalue weighted by Gasteiger charge is -2.38. The highest BCUT2D eigenvalue weighted by atomic mass is 19.4. The van der Waals surface area contributed by atoms with Crippen LogP contribution in [-0.2, 0) is 4.79 Å². The molecule has 9 heteroatoms. The van der Waals surface area contributed by atoms with Gasteiger partial charge in [-0.3, -0.25) is 20.3 Å². The van der Waals surface area contributed by atoms with E-state index in [4.69, 9.17) is 0 Å². The molecule has 26 heavy (non-hydrogen) atoms. The maximum atomic E-state index is 14.1. The van der Waals surface area contributed by atoms with Crippen LogP contribution in [0.25, 0.3) is 10.8 Å². The summed E-state index contributed by atoms with van der Waals surface area (Å²) in [6.07, 6.45) is -4.98. The van der Waals surface area contributed by atoms with Crippen LogP contribution in [-0.4, -0.2) is 27.6 Å². The molecule has 3 rings (SSSR count). The van der Waals surface area contributed by atoms with Crippen LogP contribution >= 0.6 is 0 Å². The summed E-state index contributed by atoms with van der Waals surface area (Å²) >= 11 is 0. The van der Waals surface area contributed by atoms with Gasteiger partial charge in [-0.15, -0.1) is 0 Å². The van der Waals surface area contributed by atoms with Crippen LogP contribution < -0.4 is 5.43 Å². The van der Waals surface area contributed by atoms with Gasteiger partial charge in [0.1, 0.15) is 0 Å². The highest BCUT2D eigenvalue weighted by Crippen LogP contribution is 2.47. The van der Waals surface area contributed by atoms with E-state index in [0.29, 0.717) is 5.39 Å². The number of hydrazine groups is 1. The number of nitrogens with zero attached hydrogens (tertiary/aromatic N) is 2. The molecule has 1 saturated heterocycles. The molecule has 0 bridgehead atoms. The second-order valence-corrected chi connectivity index (χ2v) is 6.81. The van der Waals surface area contributed by atoms with E-state index in [1.54, 1.807) is 12.1 Å². The van der Waals surface area contributed by atoms with Crippen molar-refractivity contribution in [2.75, 3.05) is 0 Å². The predicted molar refractivity (Wildman–Crippen MR) is 88.1 cm³/mol. The molecule has 1 atom stereocenters. The molecular formula is C17H16F3N3O3. The summed E-state index contributed by atoms with van der Waals surface area (Å²) in [6, 6.07) is 6.30. The summed E-state index contributed by atoms with van der Waals surface area (Å²) in [5, 5.41) is 12.8. The van der Waals surface area contributed by atoms with Gasteiger partial charge in [-0.05, 0) is 30.7 Å². The van der Waals surface area contributed by atoms with Crippen molar-refractivity contribution in [3.8, 4) is 0 Å². The molecule has 0 aliphatic carbocycles. The molecule has 1 amide bonds. The smallest absolute Gasteiger partial charge is 0.287 e. The van der Waals surface area contributed by atoms with Crippen LogP contribution in [0.5, 0.6) is 0 Å². The van der Waals surface area contributed by atoms with E-state index in [1.165, 1.54) is 32.0 Å². The van der Waals surface area contributed by atoms with Crippen LogP contribution in [0.15, 0.2) is 36.4 Å². The third-order valence-corrected chi connectivity index (χ3v) is 4.48. The Morgan fingerprint density at radius 2 is 1.88 bits per heavy atom. The summed E-state index contributed by atoms with van der Waals surface area (Å²) in [7, 11) is 0. The zero-order valence-corrected chi connectivity index (χ0v) is 14.0. The fourth-order valence-electron chi connectivity index (χ4n) is 3.39. The average molecular weight is 367 g/mol. The number of carbonyl (C=O) groups is 1. The first kappa shape index (κ1) is 18.1. The SMILES string of the molecule is CC1(C)CC(=O)NN1[C@@H](c1c([N+](=O)[O-])ccc2ccccc12)C(F)(F)F. The molecule has 1 N–H and O–H groups in total. The van der Waals surface area contributed by atoms with Crippen molar-refractivity contribution in [3.05, 3.63) is 52.1 Å². The number of rotatable bonds is 3. The van der Waals surface area contributed by atoms with E-state index in [9.17, 15) is 28.1 Å². The summed E-state index contributed by atoms with van der Waals surface area (Å²) in [6.45, 7) is 2.97. The van der Waals surface area contributed by atoms with Crippen molar-refractivity contribution in [2.24, 2.45) is 0 Å². The lowest BCUT2D eigenvalue weighted by molar-refractivity contribution is -0.386. The number of carbonyl (C=O) groups excluding carboxylic acids is 1. The summed E-state index contributed by atoms with van der Waals surface area (Å²) < 4.78 is 42.3. The van der Waals surface area contributed by atoms with Crippen molar-refractivity contribution in [2.45, 2.75) is 38.0 Å². The molecule has 2 aromatic carbocycles. The minimum Gasteiger partial charge on any atom is -0.287 e.